The summed E-state index contributed by atoms with van der Waals surface area (Å²) >= 11 is 0. The van der Waals surface area contributed by atoms with Gasteiger partial charge in [0.05, 0.1) is 10.8 Å². The third-order valence-corrected chi connectivity index (χ3v) is 6.13. The van der Waals surface area contributed by atoms with Gasteiger partial charge in [-0.3, -0.25) is 4.79 Å². The van der Waals surface area contributed by atoms with Gasteiger partial charge >= 0.3 is 0 Å². The van der Waals surface area contributed by atoms with Gasteiger partial charge in [-0.1, -0.05) is 37.3 Å². The highest BCUT2D eigenvalue weighted by Gasteiger charge is 2.39. The second-order valence-corrected chi connectivity index (χ2v) is 7.76. The maximum absolute atomic E-state index is 12.8. The van der Waals surface area contributed by atoms with Crippen LogP contribution in [0.1, 0.15) is 6.92 Å². The van der Waals surface area contributed by atoms with Gasteiger partial charge in [0.1, 0.15) is 0 Å². The quantitative estimate of drug-likeness (QED) is 0.933. The van der Waals surface area contributed by atoms with Crippen molar-refractivity contribution in [2.24, 2.45) is 17.6 Å². The van der Waals surface area contributed by atoms with E-state index in [2.05, 4.69) is 0 Å². The van der Waals surface area contributed by atoms with Gasteiger partial charge in [0.15, 0.2) is 0 Å². The van der Waals surface area contributed by atoms with Gasteiger partial charge in [0.2, 0.25) is 15.9 Å². The minimum absolute atomic E-state index is 0.0623. The number of nitrogens with two attached hydrogens (primary N) is 1. The fourth-order valence-electron chi connectivity index (χ4n) is 2.97. The van der Waals surface area contributed by atoms with Gasteiger partial charge in [-0.05, 0) is 28.8 Å². The molecule has 0 unspecified atom stereocenters. The van der Waals surface area contributed by atoms with E-state index in [1.165, 1.54) is 4.31 Å². The third kappa shape index (κ3) is 2.48. The molecule has 5 nitrogen and oxygen atoms in total. The van der Waals surface area contributed by atoms with Crippen LogP contribution in [0.25, 0.3) is 10.8 Å². The fraction of sp³-hybridized carbons (Fsp3) is 0.312. The highest BCUT2D eigenvalue weighted by molar-refractivity contribution is 7.89. The Hall–Kier alpha value is -1.92. The first-order valence-corrected chi connectivity index (χ1v) is 8.62. The lowest BCUT2D eigenvalue weighted by atomic mass is 9.98. The van der Waals surface area contributed by atoms with Gasteiger partial charge in [-0.2, -0.15) is 4.31 Å². The summed E-state index contributed by atoms with van der Waals surface area (Å²) < 4.78 is 26.9. The molecule has 0 saturated carbocycles. The number of fused-ring (bicyclic) bond motifs is 1. The van der Waals surface area contributed by atoms with Crippen LogP contribution in [0, 0.1) is 11.8 Å². The van der Waals surface area contributed by atoms with E-state index in [1.807, 2.05) is 31.2 Å². The number of benzene rings is 2. The zero-order valence-corrected chi connectivity index (χ0v) is 13.1. The van der Waals surface area contributed by atoms with Crippen LogP contribution in [-0.2, 0) is 14.8 Å². The Morgan fingerprint density at radius 2 is 1.82 bits per heavy atom. The molecule has 0 aliphatic carbocycles. The molecule has 1 heterocycles. The van der Waals surface area contributed by atoms with E-state index < -0.39 is 21.8 Å². The number of primary amides is 1. The van der Waals surface area contributed by atoms with Crippen LogP contribution in [0.5, 0.6) is 0 Å². The Labute approximate surface area is 129 Å². The van der Waals surface area contributed by atoms with E-state index in [-0.39, 0.29) is 17.4 Å². The SMILES string of the molecule is C[C@@H]1CN(S(=O)(=O)c2ccc3ccccc3c2)C[C@H]1C(N)=O. The van der Waals surface area contributed by atoms with Gasteiger partial charge in [0, 0.05) is 13.1 Å². The summed E-state index contributed by atoms with van der Waals surface area (Å²) in [7, 11) is -3.60. The summed E-state index contributed by atoms with van der Waals surface area (Å²) in [5, 5.41) is 1.87. The van der Waals surface area contributed by atoms with E-state index >= 15 is 0 Å². The van der Waals surface area contributed by atoms with Crippen LogP contribution in [0.4, 0.5) is 0 Å². The fourth-order valence-corrected chi connectivity index (χ4v) is 4.57. The molecule has 1 fully saturated rings. The first kappa shape index (κ1) is 15.0. The second-order valence-electron chi connectivity index (χ2n) is 5.82. The number of hydrogen-bond donors (Lipinski definition) is 1. The molecule has 0 aromatic heterocycles. The average Bonchev–Trinajstić information content (AvgIpc) is 2.89. The molecule has 116 valence electrons. The number of rotatable bonds is 3. The maximum atomic E-state index is 12.8. The maximum Gasteiger partial charge on any atom is 0.243 e. The molecule has 2 N–H and O–H groups in total. The smallest absolute Gasteiger partial charge is 0.243 e. The Morgan fingerprint density at radius 3 is 2.45 bits per heavy atom. The third-order valence-electron chi connectivity index (χ3n) is 4.30. The molecule has 2 atom stereocenters. The van der Waals surface area contributed by atoms with Crippen LogP contribution in [0.2, 0.25) is 0 Å². The predicted molar refractivity (Wildman–Crippen MR) is 84.6 cm³/mol. The van der Waals surface area contributed by atoms with Crippen molar-refractivity contribution in [2.75, 3.05) is 13.1 Å². The van der Waals surface area contributed by atoms with Crippen molar-refractivity contribution in [1.82, 2.24) is 4.31 Å². The van der Waals surface area contributed by atoms with Crippen molar-refractivity contribution in [3.05, 3.63) is 42.5 Å². The minimum atomic E-state index is -3.60. The number of hydrogen-bond acceptors (Lipinski definition) is 3. The molecule has 22 heavy (non-hydrogen) atoms. The average molecular weight is 318 g/mol. The Balaban J connectivity index is 1.97. The number of amides is 1. The topological polar surface area (TPSA) is 80.5 Å². The Morgan fingerprint density at radius 1 is 1.14 bits per heavy atom. The number of carbonyl (C=O) groups excluding carboxylic acids is 1. The predicted octanol–water partition coefficient (Wildman–Crippen LogP) is 1.58. The van der Waals surface area contributed by atoms with E-state index in [0.29, 0.717) is 6.54 Å². The number of nitrogens with zero attached hydrogens (tertiary/aromatic N) is 1. The zero-order chi connectivity index (χ0) is 15.9. The molecule has 3 rings (SSSR count). The minimum Gasteiger partial charge on any atom is -0.369 e. The van der Waals surface area contributed by atoms with E-state index in [9.17, 15) is 13.2 Å². The monoisotopic (exact) mass is 318 g/mol. The second kappa shape index (κ2) is 5.37. The number of carbonyl (C=O) groups is 1. The van der Waals surface area contributed by atoms with Crippen molar-refractivity contribution < 1.29 is 13.2 Å². The highest BCUT2D eigenvalue weighted by Crippen LogP contribution is 2.29. The van der Waals surface area contributed by atoms with Gasteiger partial charge in [-0.25, -0.2) is 8.42 Å². The van der Waals surface area contributed by atoms with Gasteiger partial charge in [0.25, 0.3) is 0 Å². The first-order chi connectivity index (χ1) is 10.4. The normalized spacial score (nSPS) is 23.0. The van der Waals surface area contributed by atoms with Crippen molar-refractivity contribution in [3.63, 3.8) is 0 Å². The Kier molecular flexibility index (Phi) is 3.66. The number of sulfonamides is 1. The molecule has 0 radical (unpaired) electrons. The van der Waals surface area contributed by atoms with Crippen molar-refractivity contribution in [2.45, 2.75) is 11.8 Å². The lowest BCUT2D eigenvalue weighted by Gasteiger charge is -2.16. The molecule has 6 heteroatoms. The largest absolute Gasteiger partial charge is 0.369 e. The van der Waals surface area contributed by atoms with Crippen LogP contribution < -0.4 is 5.73 Å². The van der Waals surface area contributed by atoms with Crippen LogP contribution in [0.3, 0.4) is 0 Å². The molecule has 2 aromatic rings. The lowest BCUT2D eigenvalue weighted by molar-refractivity contribution is -0.122. The van der Waals surface area contributed by atoms with Crippen molar-refractivity contribution >= 4 is 26.7 Å². The van der Waals surface area contributed by atoms with Crippen LogP contribution >= 0.6 is 0 Å². The molecular formula is C16H18N2O3S. The summed E-state index contributed by atoms with van der Waals surface area (Å²) in [4.78, 5) is 11.6. The molecule has 2 aromatic carbocycles. The first-order valence-electron chi connectivity index (χ1n) is 7.18. The molecule has 0 spiro atoms. The lowest BCUT2D eigenvalue weighted by Crippen LogP contribution is -2.32. The van der Waals surface area contributed by atoms with Gasteiger partial charge < -0.3 is 5.73 Å². The molecule has 1 aliphatic rings. The molecule has 0 bridgehead atoms. The summed E-state index contributed by atoms with van der Waals surface area (Å²) in [6.45, 7) is 2.33. The van der Waals surface area contributed by atoms with Crippen molar-refractivity contribution in [1.29, 1.82) is 0 Å². The Bertz CT molecular complexity index is 832. The molecule has 1 aliphatic heterocycles. The van der Waals surface area contributed by atoms with E-state index in [4.69, 9.17) is 5.73 Å². The standard InChI is InChI=1S/C16H18N2O3S/c1-11-9-18(10-15(11)16(17)19)22(20,21)14-7-6-12-4-2-3-5-13(12)8-14/h2-8,11,15H,9-10H2,1H3,(H2,17,19)/t11-,15-/m1/s1. The summed E-state index contributed by atoms with van der Waals surface area (Å²) in [6, 6.07) is 12.7. The zero-order valence-electron chi connectivity index (χ0n) is 12.3. The molecule has 1 saturated heterocycles. The van der Waals surface area contributed by atoms with E-state index in [1.54, 1.807) is 18.2 Å². The summed E-state index contributed by atoms with van der Waals surface area (Å²) in [5.74, 6) is -0.924. The molecular weight excluding hydrogens is 300 g/mol. The summed E-state index contributed by atoms with van der Waals surface area (Å²) in [6.07, 6.45) is 0. The van der Waals surface area contributed by atoms with Crippen molar-refractivity contribution in [3.8, 4) is 0 Å². The molecule has 1 amide bonds. The van der Waals surface area contributed by atoms with Gasteiger partial charge in [-0.15, -0.1) is 0 Å². The van der Waals surface area contributed by atoms with E-state index in [0.717, 1.165) is 10.8 Å². The highest BCUT2D eigenvalue weighted by atomic mass is 32.2. The van der Waals surface area contributed by atoms with Crippen LogP contribution in [0.15, 0.2) is 47.4 Å². The summed E-state index contributed by atoms with van der Waals surface area (Å²) in [5.41, 5.74) is 5.35. The van der Waals surface area contributed by atoms with Crippen LogP contribution in [-0.4, -0.2) is 31.7 Å².